The molecule has 0 aliphatic carbocycles. The van der Waals surface area contributed by atoms with E-state index >= 15 is 0 Å². The number of oxime groups is 1. The second kappa shape index (κ2) is 12.1. The molecule has 0 saturated carbocycles. The van der Waals surface area contributed by atoms with E-state index < -0.39 is 53.1 Å². The van der Waals surface area contributed by atoms with Crippen LogP contribution < -0.4 is 11.1 Å². The Labute approximate surface area is 235 Å². The van der Waals surface area contributed by atoms with Gasteiger partial charge in [0, 0.05) is 16.0 Å². The number of anilines is 1. The van der Waals surface area contributed by atoms with Crippen LogP contribution in [0.3, 0.4) is 0 Å². The zero-order valence-corrected chi connectivity index (χ0v) is 23.7. The van der Waals surface area contributed by atoms with Crippen LogP contribution in [0.1, 0.15) is 26.5 Å². The van der Waals surface area contributed by atoms with Crippen LogP contribution >= 0.6 is 34.9 Å². The molecule has 17 heteroatoms. The van der Waals surface area contributed by atoms with Crippen molar-refractivity contribution in [1.29, 1.82) is 0 Å². The topological polar surface area (TPSA) is 192 Å². The molecule has 4 rings (SSSR count). The summed E-state index contributed by atoms with van der Waals surface area (Å²) in [7, 11) is 0. The maximum absolute atomic E-state index is 13.2. The highest BCUT2D eigenvalue weighted by Crippen LogP contribution is 2.45. The minimum absolute atomic E-state index is 0.0000429. The predicted octanol–water partition coefficient (Wildman–Crippen LogP) is 0.711. The number of hydrogen-bond donors (Lipinski definition) is 3. The fraction of sp³-hybridized carbons (Fsp3) is 0.545. The number of carbonyl (C=O) groups is 4. The molecule has 2 fully saturated rings. The van der Waals surface area contributed by atoms with Crippen molar-refractivity contribution in [3.8, 4) is 0 Å². The van der Waals surface area contributed by atoms with Gasteiger partial charge in [0.05, 0.1) is 23.9 Å². The van der Waals surface area contributed by atoms with Crippen molar-refractivity contribution in [2.45, 2.75) is 37.4 Å². The summed E-state index contributed by atoms with van der Waals surface area (Å²) in [6.07, 6.45) is 0. The van der Waals surface area contributed by atoms with Gasteiger partial charge in [-0.3, -0.25) is 19.3 Å². The van der Waals surface area contributed by atoms with Gasteiger partial charge in [0.2, 0.25) is 6.79 Å². The molecule has 0 radical (unpaired) electrons. The van der Waals surface area contributed by atoms with Crippen molar-refractivity contribution < 1.29 is 43.3 Å². The average Bonchev–Trinajstić information content (AvgIpc) is 3.32. The summed E-state index contributed by atoms with van der Waals surface area (Å²) in [6, 6.07) is -1.01. The Morgan fingerprint density at radius 3 is 2.64 bits per heavy atom. The highest BCUT2D eigenvalue weighted by molar-refractivity contribution is 8.06. The molecule has 3 aliphatic rings. The van der Waals surface area contributed by atoms with Gasteiger partial charge in [-0.1, -0.05) is 5.16 Å². The van der Waals surface area contributed by atoms with E-state index in [2.05, 4.69) is 15.5 Å². The molecule has 0 spiro atoms. The van der Waals surface area contributed by atoms with Gasteiger partial charge < -0.3 is 35.2 Å². The number of nitrogens with one attached hydrogen (secondary N) is 1. The van der Waals surface area contributed by atoms with E-state index in [9.17, 15) is 24.4 Å². The minimum atomic E-state index is -1.01. The number of amides is 2. The quantitative estimate of drug-likeness (QED) is 0.0943. The molecule has 14 nitrogen and oxygen atoms in total. The summed E-state index contributed by atoms with van der Waals surface area (Å²) in [4.78, 5) is 57.0. The maximum Gasteiger partial charge on any atom is 0.358 e. The first-order valence-corrected chi connectivity index (χ1v) is 14.4. The standard InChI is InChI=1S/C22H27N5O9S3/c1-22(2,3)20(31)36-9-35-19(30)15-12(39-10-4-33-8-34-5-10)7-37-18-14(17(29)27(15)18)25-16(28)13(26-32)11-6-38-21(23)24-11/h6,10,14,18,32H,4-5,7-9H2,1-3H3,(H2,23,24)(H,25,28)/b26-13-/t14?,18-/m1/s1. The van der Waals surface area contributed by atoms with Crippen molar-refractivity contribution in [3.63, 3.8) is 0 Å². The maximum atomic E-state index is 13.2. The molecular weight excluding hydrogens is 574 g/mol. The molecule has 212 valence electrons. The third kappa shape index (κ3) is 6.49. The molecule has 2 atom stereocenters. The molecule has 3 aliphatic heterocycles. The van der Waals surface area contributed by atoms with Crippen molar-refractivity contribution in [3.05, 3.63) is 21.7 Å². The van der Waals surface area contributed by atoms with E-state index in [1.54, 1.807) is 20.8 Å². The first-order valence-electron chi connectivity index (χ1n) is 11.6. The van der Waals surface area contributed by atoms with Crippen LogP contribution in [0.15, 0.2) is 21.1 Å². The van der Waals surface area contributed by atoms with Crippen molar-refractivity contribution in [2.24, 2.45) is 10.6 Å². The number of rotatable bonds is 8. The van der Waals surface area contributed by atoms with Crippen molar-refractivity contribution in [1.82, 2.24) is 15.2 Å². The zero-order valence-electron chi connectivity index (χ0n) is 21.2. The van der Waals surface area contributed by atoms with Gasteiger partial charge in [0.15, 0.2) is 10.8 Å². The molecular formula is C22H27N5O9S3. The number of ether oxygens (including phenoxy) is 4. The average molecular weight is 602 g/mol. The Balaban J connectivity index is 1.49. The van der Waals surface area contributed by atoms with Gasteiger partial charge in [-0.15, -0.1) is 34.9 Å². The minimum Gasteiger partial charge on any atom is -0.427 e. The third-order valence-corrected chi connectivity index (χ3v) is 8.93. The fourth-order valence-corrected chi connectivity index (χ4v) is 6.89. The van der Waals surface area contributed by atoms with Crippen LogP contribution in [-0.2, 0) is 38.1 Å². The van der Waals surface area contributed by atoms with E-state index in [1.165, 1.54) is 33.8 Å². The monoisotopic (exact) mass is 601 g/mol. The number of thioether (sulfide) groups is 2. The molecule has 2 amide bonds. The second-order valence-corrected chi connectivity index (χ2v) is 12.9. The molecule has 39 heavy (non-hydrogen) atoms. The second-order valence-electron chi connectivity index (χ2n) is 9.48. The molecule has 4 N–H and O–H groups in total. The lowest BCUT2D eigenvalue weighted by molar-refractivity contribution is -0.173. The molecule has 4 heterocycles. The van der Waals surface area contributed by atoms with Crippen LogP contribution in [0, 0.1) is 5.41 Å². The number of nitrogens with two attached hydrogens (primary N) is 1. The Morgan fingerprint density at radius 1 is 1.31 bits per heavy atom. The molecule has 0 aromatic carbocycles. The Bertz CT molecular complexity index is 1210. The van der Waals surface area contributed by atoms with Gasteiger partial charge in [0.25, 0.3) is 11.8 Å². The van der Waals surface area contributed by atoms with Crippen LogP contribution in [-0.4, -0.2) is 93.8 Å². The van der Waals surface area contributed by atoms with Crippen LogP contribution in [0.4, 0.5) is 5.13 Å². The Kier molecular flexibility index (Phi) is 9.05. The summed E-state index contributed by atoms with van der Waals surface area (Å²) in [6.45, 7) is 5.33. The van der Waals surface area contributed by atoms with Crippen LogP contribution in [0.5, 0.6) is 0 Å². The number of β-lactam (4-membered cyclic amide) rings is 1. The molecule has 2 saturated heterocycles. The molecule has 1 aromatic heterocycles. The lowest BCUT2D eigenvalue weighted by Crippen LogP contribution is -2.71. The van der Waals surface area contributed by atoms with E-state index in [0.717, 1.165) is 11.3 Å². The number of nitrogens with zero attached hydrogens (tertiary/aromatic N) is 3. The highest BCUT2D eigenvalue weighted by Gasteiger charge is 2.55. The van der Waals surface area contributed by atoms with Crippen molar-refractivity contribution in [2.75, 3.05) is 38.3 Å². The SMILES string of the molecule is CC(C)(C)C(=O)OCOC(=O)C1=C(SC2COCOC2)CS[C@@H]2C(NC(=O)/C(=N\O)c3csc(N)n3)C(=O)N12. The van der Waals surface area contributed by atoms with E-state index in [-0.39, 0.29) is 28.6 Å². The van der Waals surface area contributed by atoms with Gasteiger partial charge in [0.1, 0.15) is 29.6 Å². The zero-order chi connectivity index (χ0) is 28.3. The summed E-state index contributed by atoms with van der Waals surface area (Å²) >= 11 is 3.73. The number of esters is 2. The Hall–Kier alpha value is -2.86. The normalized spacial score (nSPS) is 22.2. The first-order chi connectivity index (χ1) is 18.5. The Morgan fingerprint density at radius 2 is 2.03 bits per heavy atom. The number of aromatic nitrogens is 1. The number of nitrogen functional groups attached to an aromatic ring is 1. The predicted molar refractivity (Wildman–Crippen MR) is 142 cm³/mol. The van der Waals surface area contributed by atoms with Gasteiger partial charge in [-0.05, 0) is 20.8 Å². The van der Waals surface area contributed by atoms with Crippen molar-refractivity contribution >= 4 is 69.5 Å². The molecule has 1 aromatic rings. The summed E-state index contributed by atoms with van der Waals surface area (Å²) in [5.41, 5.74) is 4.46. The third-order valence-electron chi connectivity index (χ3n) is 5.57. The molecule has 0 bridgehead atoms. The van der Waals surface area contributed by atoms with Gasteiger partial charge in [-0.2, -0.15) is 0 Å². The number of hydrogen-bond acceptors (Lipinski definition) is 15. The fourth-order valence-electron chi connectivity index (χ4n) is 3.65. The lowest BCUT2D eigenvalue weighted by Gasteiger charge is -2.49. The van der Waals surface area contributed by atoms with E-state index in [4.69, 9.17) is 24.7 Å². The summed E-state index contributed by atoms with van der Waals surface area (Å²) in [5.74, 6) is -2.48. The smallest absolute Gasteiger partial charge is 0.358 e. The largest absolute Gasteiger partial charge is 0.427 e. The van der Waals surface area contributed by atoms with Crippen LogP contribution in [0.2, 0.25) is 0 Å². The van der Waals surface area contributed by atoms with Crippen LogP contribution in [0.25, 0.3) is 0 Å². The first kappa shape index (κ1) is 29.1. The number of thiazole rings is 1. The summed E-state index contributed by atoms with van der Waals surface area (Å²) < 4.78 is 20.9. The van der Waals surface area contributed by atoms with E-state index in [0.29, 0.717) is 23.9 Å². The van der Waals surface area contributed by atoms with Gasteiger partial charge >= 0.3 is 11.9 Å². The number of fused-ring (bicyclic) bond motifs is 1. The van der Waals surface area contributed by atoms with E-state index in [1.807, 2.05) is 0 Å². The van der Waals surface area contributed by atoms with Gasteiger partial charge in [-0.25, -0.2) is 9.78 Å². The summed E-state index contributed by atoms with van der Waals surface area (Å²) in [5, 5.41) is 15.8. The molecule has 1 unspecified atom stereocenters. The highest BCUT2D eigenvalue weighted by atomic mass is 32.2. The lowest BCUT2D eigenvalue weighted by atomic mass is 9.98. The number of carbonyl (C=O) groups excluding carboxylic acids is 4.